The Kier molecular flexibility index (Phi) is 5.41. The van der Waals surface area contributed by atoms with Gasteiger partial charge in [-0.3, -0.25) is 9.59 Å². The number of carbonyl (C=O) groups is 2. The highest BCUT2D eigenvalue weighted by atomic mass is 16.2. The van der Waals surface area contributed by atoms with Gasteiger partial charge in [0.15, 0.2) is 0 Å². The maximum Gasteiger partial charge on any atom is 0.237 e. The van der Waals surface area contributed by atoms with Gasteiger partial charge in [0.25, 0.3) is 0 Å². The van der Waals surface area contributed by atoms with Crippen molar-refractivity contribution in [3.05, 3.63) is 0 Å². The molecule has 4 N–H and O–H groups in total. The number of rotatable bonds is 5. The van der Waals surface area contributed by atoms with Gasteiger partial charge in [0, 0.05) is 13.5 Å². The van der Waals surface area contributed by atoms with Crippen molar-refractivity contribution in [2.75, 3.05) is 20.1 Å². The molecule has 2 amide bonds. The topological polar surface area (TPSA) is 89.4 Å². The largest absolute Gasteiger partial charge is 0.368 e. The minimum atomic E-state index is -0.465. The van der Waals surface area contributed by atoms with Crippen LogP contribution < -0.4 is 11.5 Å². The molecule has 0 aliphatic heterocycles. The molecule has 0 aromatic carbocycles. The minimum absolute atomic E-state index is 0.0109. The minimum Gasteiger partial charge on any atom is -0.368 e. The summed E-state index contributed by atoms with van der Waals surface area (Å²) < 4.78 is 0. The first kappa shape index (κ1) is 14.0. The zero-order valence-electron chi connectivity index (χ0n) is 10.5. The molecule has 0 unspecified atom stereocenters. The monoisotopic (exact) mass is 241 g/mol. The standard InChI is InChI=1S/C12H23N3O2/c1-15(8-11(14)16)12(17)6-9-2-4-10(7-13)5-3-9/h9-10H,2-8,13H2,1H3,(H2,14,16). The SMILES string of the molecule is CN(CC(N)=O)C(=O)CC1CCC(CN)CC1. The van der Waals surface area contributed by atoms with E-state index in [0.29, 0.717) is 18.3 Å². The van der Waals surface area contributed by atoms with Crippen LogP contribution in [0.15, 0.2) is 0 Å². The van der Waals surface area contributed by atoms with Crippen LogP contribution in [0.4, 0.5) is 0 Å². The second-order valence-electron chi connectivity index (χ2n) is 5.04. The lowest BCUT2D eigenvalue weighted by atomic mass is 9.80. The van der Waals surface area contributed by atoms with Crippen molar-refractivity contribution < 1.29 is 9.59 Å². The van der Waals surface area contributed by atoms with Crippen molar-refractivity contribution in [3.63, 3.8) is 0 Å². The second-order valence-corrected chi connectivity index (χ2v) is 5.04. The highest BCUT2D eigenvalue weighted by Gasteiger charge is 2.23. The average molecular weight is 241 g/mol. The van der Waals surface area contributed by atoms with E-state index in [-0.39, 0.29) is 12.5 Å². The van der Waals surface area contributed by atoms with E-state index < -0.39 is 5.91 Å². The van der Waals surface area contributed by atoms with E-state index in [9.17, 15) is 9.59 Å². The third kappa shape index (κ3) is 4.73. The molecule has 1 saturated carbocycles. The zero-order chi connectivity index (χ0) is 12.8. The maximum atomic E-state index is 11.8. The fraction of sp³-hybridized carbons (Fsp3) is 0.833. The molecule has 5 nitrogen and oxygen atoms in total. The molecule has 98 valence electrons. The van der Waals surface area contributed by atoms with Gasteiger partial charge < -0.3 is 16.4 Å². The average Bonchev–Trinajstić information content (AvgIpc) is 2.29. The van der Waals surface area contributed by atoms with Gasteiger partial charge >= 0.3 is 0 Å². The Hall–Kier alpha value is -1.10. The van der Waals surface area contributed by atoms with Crippen molar-refractivity contribution >= 4 is 11.8 Å². The number of carbonyl (C=O) groups excluding carboxylic acids is 2. The summed E-state index contributed by atoms with van der Waals surface area (Å²) in [6, 6.07) is 0. The quantitative estimate of drug-likeness (QED) is 0.714. The van der Waals surface area contributed by atoms with E-state index in [0.717, 1.165) is 32.2 Å². The summed E-state index contributed by atoms with van der Waals surface area (Å²) in [6.07, 6.45) is 4.90. The summed E-state index contributed by atoms with van der Waals surface area (Å²) in [6.45, 7) is 0.763. The van der Waals surface area contributed by atoms with Crippen LogP contribution in [0.1, 0.15) is 32.1 Å². The molecule has 0 aromatic rings. The fourth-order valence-electron chi connectivity index (χ4n) is 2.40. The summed E-state index contributed by atoms with van der Waals surface area (Å²) in [4.78, 5) is 23.9. The number of likely N-dealkylation sites (N-methyl/N-ethyl adjacent to an activating group) is 1. The van der Waals surface area contributed by atoms with Crippen LogP contribution in [0.3, 0.4) is 0 Å². The van der Waals surface area contributed by atoms with E-state index >= 15 is 0 Å². The van der Waals surface area contributed by atoms with Crippen LogP contribution in [0.5, 0.6) is 0 Å². The Morgan fingerprint density at radius 2 is 1.71 bits per heavy atom. The summed E-state index contributed by atoms with van der Waals surface area (Å²) in [7, 11) is 1.62. The highest BCUT2D eigenvalue weighted by molar-refractivity contribution is 5.83. The molecular formula is C12H23N3O2. The third-order valence-corrected chi connectivity index (χ3v) is 3.58. The molecule has 5 heteroatoms. The first-order chi connectivity index (χ1) is 8.02. The molecule has 1 fully saturated rings. The van der Waals surface area contributed by atoms with Gasteiger partial charge in [-0.05, 0) is 44.1 Å². The van der Waals surface area contributed by atoms with Gasteiger partial charge in [0.1, 0.15) is 0 Å². The predicted molar refractivity (Wildman–Crippen MR) is 66.0 cm³/mol. The Bertz CT molecular complexity index is 273. The molecule has 0 atom stereocenters. The van der Waals surface area contributed by atoms with Crippen LogP contribution in [0, 0.1) is 11.8 Å². The van der Waals surface area contributed by atoms with Crippen molar-refractivity contribution in [3.8, 4) is 0 Å². The van der Waals surface area contributed by atoms with Crippen molar-refractivity contribution in [2.24, 2.45) is 23.3 Å². The van der Waals surface area contributed by atoms with Gasteiger partial charge in [-0.25, -0.2) is 0 Å². The lowest BCUT2D eigenvalue weighted by molar-refractivity contribution is -0.134. The number of hydrogen-bond acceptors (Lipinski definition) is 3. The molecule has 0 heterocycles. The zero-order valence-corrected chi connectivity index (χ0v) is 10.5. The molecule has 0 saturated heterocycles. The smallest absolute Gasteiger partial charge is 0.237 e. The molecule has 1 aliphatic carbocycles. The molecular weight excluding hydrogens is 218 g/mol. The molecule has 1 aliphatic rings. The lowest BCUT2D eigenvalue weighted by Crippen LogP contribution is -2.36. The lowest BCUT2D eigenvalue weighted by Gasteiger charge is -2.28. The number of nitrogens with zero attached hydrogens (tertiary/aromatic N) is 1. The van der Waals surface area contributed by atoms with Crippen LogP contribution in [-0.2, 0) is 9.59 Å². The first-order valence-electron chi connectivity index (χ1n) is 6.25. The van der Waals surface area contributed by atoms with E-state index in [2.05, 4.69) is 0 Å². The van der Waals surface area contributed by atoms with Gasteiger partial charge in [-0.15, -0.1) is 0 Å². The molecule has 1 rings (SSSR count). The molecule has 0 radical (unpaired) electrons. The third-order valence-electron chi connectivity index (χ3n) is 3.58. The van der Waals surface area contributed by atoms with E-state index in [1.165, 1.54) is 4.90 Å². The van der Waals surface area contributed by atoms with Gasteiger partial charge in [-0.1, -0.05) is 0 Å². The van der Waals surface area contributed by atoms with Crippen LogP contribution in [0.25, 0.3) is 0 Å². The number of hydrogen-bond donors (Lipinski definition) is 2. The number of nitrogens with two attached hydrogens (primary N) is 2. The van der Waals surface area contributed by atoms with Gasteiger partial charge in [0.05, 0.1) is 6.54 Å². The van der Waals surface area contributed by atoms with Crippen LogP contribution >= 0.6 is 0 Å². The molecule has 0 aromatic heterocycles. The molecule has 0 spiro atoms. The second kappa shape index (κ2) is 6.59. The Labute approximate surface area is 103 Å². The van der Waals surface area contributed by atoms with E-state index in [4.69, 9.17) is 11.5 Å². The van der Waals surface area contributed by atoms with Crippen molar-refractivity contribution in [2.45, 2.75) is 32.1 Å². The van der Waals surface area contributed by atoms with Gasteiger partial charge in [0.2, 0.25) is 11.8 Å². The molecule has 17 heavy (non-hydrogen) atoms. The number of primary amides is 1. The Morgan fingerprint density at radius 3 is 2.18 bits per heavy atom. The Morgan fingerprint density at radius 1 is 1.18 bits per heavy atom. The molecule has 0 bridgehead atoms. The number of amides is 2. The van der Waals surface area contributed by atoms with Crippen molar-refractivity contribution in [1.29, 1.82) is 0 Å². The van der Waals surface area contributed by atoms with Crippen LogP contribution in [-0.4, -0.2) is 36.9 Å². The van der Waals surface area contributed by atoms with E-state index in [1.807, 2.05) is 0 Å². The highest BCUT2D eigenvalue weighted by Crippen LogP contribution is 2.30. The summed E-state index contributed by atoms with van der Waals surface area (Å²) in [5, 5.41) is 0. The van der Waals surface area contributed by atoms with Crippen molar-refractivity contribution in [1.82, 2.24) is 4.90 Å². The maximum absolute atomic E-state index is 11.8. The van der Waals surface area contributed by atoms with Crippen LogP contribution in [0.2, 0.25) is 0 Å². The predicted octanol–water partition coefficient (Wildman–Crippen LogP) is 0.0853. The first-order valence-corrected chi connectivity index (χ1v) is 6.25. The summed E-state index contributed by atoms with van der Waals surface area (Å²) in [5.41, 5.74) is 10.7. The Balaban J connectivity index is 2.30. The summed E-state index contributed by atoms with van der Waals surface area (Å²) >= 11 is 0. The summed E-state index contributed by atoms with van der Waals surface area (Å²) in [5.74, 6) is 0.623. The van der Waals surface area contributed by atoms with E-state index in [1.54, 1.807) is 7.05 Å². The van der Waals surface area contributed by atoms with Gasteiger partial charge in [-0.2, -0.15) is 0 Å². The fourth-order valence-corrected chi connectivity index (χ4v) is 2.40. The normalized spacial score (nSPS) is 24.4.